The first-order valence-corrected chi connectivity index (χ1v) is 3.75. The molecule has 2 rings (SSSR count). The van der Waals surface area contributed by atoms with Crippen LogP contribution < -0.4 is 0 Å². The van der Waals surface area contributed by atoms with Crippen molar-refractivity contribution in [3.63, 3.8) is 0 Å². The molecule has 0 N–H and O–H groups in total. The van der Waals surface area contributed by atoms with Gasteiger partial charge in [-0.05, 0) is 17.9 Å². The molecule has 2 atom stereocenters. The minimum Gasteiger partial charge on any atom is -0.303 e. The normalized spacial score (nSPS) is 28.5. The van der Waals surface area contributed by atoms with Gasteiger partial charge in [-0.1, -0.05) is 0 Å². The maximum Gasteiger partial charge on any atom is 0.123 e. The maximum absolute atomic E-state index is 10.3. The molecule has 11 heavy (non-hydrogen) atoms. The van der Waals surface area contributed by atoms with E-state index in [1.165, 1.54) is 5.56 Å². The fourth-order valence-electron chi connectivity index (χ4n) is 1.38. The van der Waals surface area contributed by atoms with E-state index >= 15 is 0 Å². The standard InChI is InChI=1S/C8H10N2O/c1-10-4-7(3-9-10)8-2-6(8)5-11/h3-6,8H,2H2,1H3/t6-,8+/m0/s1. The van der Waals surface area contributed by atoms with Crippen molar-refractivity contribution in [2.45, 2.75) is 12.3 Å². The number of hydrogen-bond acceptors (Lipinski definition) is 2. The highest BCUT2D eigenvalue weighted by molar-refractivity contribution is 5.61. The van der Waals surface area contributed by atoms with E-state index in [4.69, 9.17) is 0 Å². The second kappa shape index (κ2) is 2.19. The Balaban J connectivity index is 2.14. The van der Waals surface area contributed by atoms with Gasteiger partial charge in [0, 0.05) is 19.2 Å². The van der Waals surface area contributed by atoms with Crippen LogP contribution in [0.25, 0.3) is 0 Å². The summed E-state index contributed by atoms with van der Waals surface area (Å²) in [5.74, 6) is 0.723. The Labute approximate surface area is 65.0 Å². The number of carbonyl (C=O) groups excluding carboxylic acids is 1. The summed E-state index contributed by atoms with van der Waals surface area (Å²) in [4.78, 5) is 10.3. The van der Waals surface area contributed by atoms with Crippen molar-refractivity contribution in [3.05, 3.63) is 18.0 Å². The topological polar surface area (TPSA) is 34.9 Å². The van der Waals surface area contributed by atoms with Crippen molar-refractivity contribution < 1.29 is 4.79 Å². The molecule has 3 heteroatoms. The van der Waals surface area contributed by atoms with E-state index < -0.39 is 0 Å². The lowest BCUT2D eigenvalue weighted by atomic mass is 10.2. The van der Waals surface area contributed by atoms with Crippen LogP contribution in [0.3, 0.4) is 0 Å². The molecule has 58 valence electrons. The average Bonchev–Trinajstić information content (AvgIpc) is 2.68. The van der Waals surface area contributed by atoms with Crippen molar-refractivity contribution in [3.8, 4) is 0 Å². The zero-order valence-electron chi connectivity index (χ0n) is 6.40. The molecule has 0 saturated heterocycles. The number of hydrogen-bond donors (Lipinski definition) is 0. The summed E-state index contributed by atoms with van der Waals surface area (Å²) in [6.07, 6.45) is 5.87. The number of carbonyl (C=O) groups is 1. The van der Waals surface area contributed by atoms with Crippen molar-refractivity contribution in [1.82, 2.24) is 9.78 Å². The van der Waals surface area contributed by atoms with Crippen LogP contribution >= 0.6 is 0 Å². The molecule has 0 aliphatic heterocycles. The van der Waals surface area contributed by atoms with Gasteiger partial charge in [-0.15, -0.1) is 0 Å². The smallest absolute Gasteiger partial charge is 0.123 e. The van der Waals surface area contributed by atoms with Crippen molar-refractivity contribution in [2.24, 2.45) is 13.0 Å². The van der Waals surface area contributed by atoms with E-state index in [0.717, 1.165) is 12.7 Å². The molecule has 0 amide bonds. The first-order chi connectivity index (χ1) is 5.31. The molecule has 0 unspecified atom stereocenters. The second-order valence-corrected chi connectivity index (χ2v) is 3.09. The molecule has 1 aromatic rings. The van der Waals surface area contributed by atoms with E-state index in [1.807, 2.05) is 19.4 Å². The van der Waals surface area contributed by atoms with E-state index in [2.05, 4.69) is 5.10 Å². The van der Waals surface area contributed by atoms with Gasteiger partial charge in [0.1, 0.15) is 6.29 Å². The van der Waals surface area contributed by atoms with Gasteiger partial charge >= 0.3 is 0 Å². The van der Waals surface area contributed by atoms with Crippen molar-refractivity contribution >= 4 is 6.29 Å². The third-order valence-corrected chi connectivity index (χ3v) is 2.17. The van der Waals surface area contributed by atoms with Crippen LogP contribution in [0.5, 0.6) is 0 Å². The number of nitrogens with zero attached hydrogens (tertiary/aromatic N) is 2. The van der Waals surface area contributed by atoms with Crippen molar-refractivity contribution in [1.29, 1.82) is 0 Å². The SMILES string of the molecule is Cn1cc([C@@H]2C[C@H]2C=O)cn1. The number of aryl methyl sites for hydroxylation is 1. The van der Waals surface area contributed by atoms with Crippen LogP contribution in [0, 0.1) is 5.92 Å². The zero-order chi connectivity index (χ0) is 7.84. The molecule has 0 spiro atoms. The van der Waals surface area contributed by atoms with Crippen LogP contribution in [-0.4, -0.2) is 16.1 Å². The Morgan fingerprint density at radius 2 is 2.64 bits per heavy atom. The molecule has 1 aliphatic carbocycles. The minimum atomic E-state index is 0.263. The molecule has 3 nitrogen and oxygen atoms in total. The lowest BCUT2D eigenvalue weighted by Crippen LogP contribution is -1.85. The summed E-state index contributed by atoms with van der Waals surface area (Å²) in [6, 6.07) is 0. The fourth-order valence-corrected chi connectivity index (χ4v) is 1.38. The van der Waals surface area contributed by atoms with Crippen LogP contribution in [0.1, 0.15) is 17.9 Å². The summed E-state index contributed by atoms with van der Waals surface area (Å²) >= 11 is 0. The molecule has 1 fully saturated rings. The predicted octanol–water partition coefficient (Wildman–Crippen LogP) is 0.722. The Morgan fingerprint density at radius 1 is 1.82 bits per heavy atom. The molecule has 0 aromatic carbocycles. The van der Waals surface area contributed by atoms with E-state index in [-0.39, 0.29) is 5.92 Å². The molecular weight excluding hydrogens is 140 g/mol. The summed E-state index contributed by atoms with van der Waals surface area (Å²) in [6.45, 7) is 0. The summed E-state index contributed by atoms with van der Waals surface area (Å²) < 4.78 is 1.77. The number of aldehydes is 1. The Kier molecular flexibility index (Phi) is 1.31. The van der Waals surface area contributed by atoms with E-state index in [9.17, 15) is 4.79 Å². The highest BCUT2D eigenvalue weighted by Gasteiger charge is 2.38. The molecule has 0 radical (unpaired) electrons. The highest BCUT2D eigenvalue weighted by Crippen LogP contribution is 2.45. The third-order valence-electron chi connectivity index (χ3n) is 2.17. The third kappa shape index (κ3) is 1.06. The van der Waals surface area contributed by atoms with Gasteiger partial charge in [0.05, 0.1) is 6.20 Å². The summed E-state index contributed by atoms with van der Waals surface area (Å²) in [7, 11) is 1.89. The Bertz CT molecular complexity index is 279. The largest absolute Gasteiger partial charge is 0.303 e. The minimum absolute atomic E-state index is 0.263. The fraction of sp³-hybridized carbons (Fsp3) is 0.500. The van der Waals surface area contributed by atoms with E-state index in [1.54, 1.807) is 4.68 Å². The monoisotopic (exact) mass is 150 g/mol. The van der Waals surface area contributed by atoms with Crippen LogP contribution in [-0.2, 0) is 11.8 Å². The lowest BCUT2D eigenvalue weighted by Gasteiger charge is -1.86. The first-order valence-electron chi connectivity index (χ1n) is 3.75. The molecular formula is C8H10N2O. The lowest BCUT2D eigenvalue weighted by molar-refractivity contribution is -0.108. The van der Waals surface area contributed by atoms with Crippen molar-refractivity contribution in [2.75, 3.05) is 0 Å². The quantitative estimate of drug-likeness (QED) is 0.582. The van der Waals surface area contributed by atoms with E-state index in [0.29, 0.717) is 5.92 Å². The van der Waals surface area contributed by atoms with Gasteiger partial charge in [0.2, 0.25) is 0 Å². The molecule has 0 bridgehead atoms. The Morgan fingerprint density at radius 3 is 3.09 bits per heavy atom. The Hall–Kier alpha value is -1.12. The van der Waals surface area contributed by atoms with Gasteiger partial charge < -0.3 is 4.79 Å². The van der Waals surface area contributed by atoms with Gasteiger partial charge in [-0.25, -0.2) is 0 Å². The number of aromatic nitrogens is 2. The van der Waals surface area contributed by atoms with Crippen LogP contribution in [0.2, 0.25) is 0 Å². The maximum atomic E-state index is 10.3. The second-order valence-electron chi connectivity index (χ2n) is 3.09. The average molecular weight is 150 g/mol. The summed E-state index contributed by atoms with van der Waals surface area (Å²) in [5, 5.41) is 4.05. The first kappa shape index (κ1) is 6.58. The summed E-state index contributed by atoms with van der Waals surface area (Å²) in [5.41, 5.74) is 1.20. The van der Waals surface area contributed by atoms with Crippen LogP contribution in [0.15, 0.2) is 12.4 Å². The van der Waals surface area contributed by atoms with Gasteiger partial charge in [0.15, 0.2) is 0 Å². The van der Waals surface area contributed by atoms with Gasteiger partial charge in [-0.2, -0.15) is 5.10 Å². The highest BCUT2D eigenvalue weighted by atomic mass is 16.1. The van der Waals surface area contributed by atoms with Crippen LogP contribution in [0.4, 0.5) is 0 Å². The molecule has 1 heterocycles. The molecule has 1 aliphatic rings. The van der Waals surface area contributed by atoms with Gasteiger partial charge in [-0.3, -0.25) is 4.68 Å². The van der Waals surface area contributed by atoms with Gasteiger partial charge in [0.25, 0.3) is 0 Å². The zero-order valence-corrected chi connectivity index (χ0v) is 6.40. The molecule has 1 saturated carbocycles. The molecule has 1 aromatic heterocycles. The predicted molar refractivity (Wildman–Crippen MR) is 40.1 cm³/mol. The number of rotatable bonds is 2.